The second-order valence-electron chi connectivity index (χ2n) is 6.94. The van der Waals surface area contributed by atoms with Gasteiger partial charge in [0.05, 0.1) is 17.8 Å². The minimum absolute atomic E-state index is 0.0464. The molecule has 0 unspecified atom stereocenters. The largest absolute Gasteiger partial charge is 0.354 e. The van der Waals surface area contributed by atoms with E-state index in [0.29, 0.717) is 5.57 Å². The molecule has 0 spiro atoms. The molecule has 0 saturated carbocycles. The predicted molar refractivity (Wildman–Crippen MR) is 121 cm³/mol. The molecular weight excluding hydrogens is 376 g/mol. The fourth-order valence-corrected chi connectivity index (χ4v) is 3.44. The molecule has 1 heterocycles. The normalized spacial score (nSPS) is 14.0. The summed E-state index contributed by atoms with van der Waals surface area (Å²) in [5, 5.41) is 6.34. The van der Waals surface area contributed by atoms with Crippen molar-refractivity contribution in [3.05, 3.63) is 90.0 Å². The fraction of sp³-hybridized carbons (Fsp3) is 0.0833. The molecule has 30 heavy (non-hydrogen) atoms. The third kappa shape index (κ3) is 3.68. The number of hydrogen-bond donors (Lipinski definition) is 3. The van der Waals surface area contributed by atoms with Crippen molar-refractivity contribution in [1.29, 1.82) is 0 Å². The summed E-state index contributed by atoms with van der Waals surface area (Å²) in [5.74, 6) is -0.311. The van der Waals surface area contributed by atoms with Crippen molar-refractivity contribution in [1.82, 2.24) is 0 Å². The molecule has 4 N–H and O–H groups in total. The predicted octanol–water partition coefficient (Wildman–Crippen LogP) is 3.54. The summed E-state index contributed by atoms with van der Waals surface area (Å²) in [6.45, 7) is -0.0464. The SMILES string of the molecule is CN(C(=O)CN)c1ccc(N/C(=C2\C(=O)Nc3ccccc32)c2ccccc2)cc1. The van der Waals surface area contributed by atoms with E-state index in [4.69, 9.17) is 5.73 Å². The molecule has 6 nitrogen and oxygen atoms in total. The number of nitrogens with two attached hydrogens (primary N) is 1. The van der Waals surface area contributed by atoms with Crippen LogP contribution in [0.3, 0.4) is 0 Å². The van der Waals surface area contributed by atoms with Gasteiger partial charge in [-0.15, -0.1) is 0 Å². The van der Waals surface area contributed by atoms with Crippen LogP contribution in [0.5, 0.6) is 0 Å². The smallest absolute Gasteiger partial charge is 0.258 e. The van der Waals surface area contributed by atoms with Crippen LogP contribution < -0.4 is 21.3 Å². The van der Waals surface area contributed by atoms with Crippen molar-refractivity contribution in [2.75, 3.05) is 29.1 Å². The van der Waals surface area contributed by atoms with Crippen molar-refractivity contribution < 1.29 is 9.59 Å². The van der Waals surface area contributed by atoms with Gasteiger partial charge in [-0.25, -0.2) is 0 Å². The van der Waals surface area contributed by atoms with Gasteiger partial charge in [-0.05, 0) is 35.9 Å². The topological polar surface area (TPSA) is 87.5 Å². The maximum atomic E-state index is 12.8. The lowest BCUT2D eigenvalue weighted by molar-refractivity contribution is -0.117. The molecule has 0 aliphatic carbocycles. The van der Waals surface area contributed by atoms with Gasteiger partial charge >= 0.3 is 0 Å². The standard InChI is InChI=1S/C24H22N4O2/c1-28(21(29)15-25)18-13-11-17(12-14-18)26-23(16-7-3-2-4-8-16)22-19-9-5-6-10-20(19)27-24(22)30/h2-14,26H,15,25H2,1H3,(H,27,30)/b23-22-. The zero-order chi connectivity index (χ0) is 21.1. The van der Waals surface area contributed by atoms with Gasteiger partial charge in [-0.2, -0.15) is 0 Å². The van der Waals surface area contributed by atoms with Gasteiger partial charge < -0.3 is 21.3 Å². The number of nitrogens with zero attached hydrogens (tertiary/aromatic N) is 1. The summed E-state index contributed by atoms with van der Waals surface area (Å²) in [5.41, 5.74) is 10.9. The molecule has 3 aromatic rings. The molecule has 3 aromatic carbocycles. The van der Waals surface area contributed by atoms with Crippen molar-refractivity contribution in [3.63, 3.8) is 0 Å². The maximum Gasteiger partial charge on any atom is 0.258 e. The summed E-state index contributed by atoms with van der Waals surface area (Å²) >= 11 is 0. The van der Waals surface area contributed by atoms with Crippen LogP contribution in [-0.2, 0) is 9.59 Å². The monoisotopic (exact) mass is 398 g/mol. The maximum absolute atomic E-state index is 12.8. The van der Waals surface area contributed by atoms with E-state index in [2.05, 4.69) is 10.6 Å². The lowest BCUT2D eigenvalue weighted by Gasteiger charge is -2.18. The first-order chi connectivity index (χ1) is 14.6. The summed E-state index contributed by atoms with van der Waals surface area (Å²) in [6.07, 6.45) is 0. The number of para-hydroxylation sites is 1. The van der Waals surface area contributed by atoms with Crippen LogP contribution in [0, 0.1) is 0 Å². The highest BCUT2D eigenvalue weighted by molar-refractivity contribution is 6.37. The Morgan fingerprint density at radius 3 is 2.33 bits per heavy atom. The number of benzene rings is 3. The first-order valence-corrected chi connectivity index (χ1v) is 9.62. The second-order valence-corrected chi connectivity index (χ2v) is 6.94. The van der Waals surface area contributed by atoms with E-state index < -0.39 is 0 Å². The number of rotatable bonds is 5. The average molecular weight is 398 g/mol. The van der Waals surface area contributed by atoms with E-state index in [-0.39, 0.29) is 18.4 Å². The highest BCUT2D eigenvalue weighted by Crippen LogP contribution is 2.37. The number of carbonyl (C=O) groups is 2. The molecule has 0 atom stereocenters. The number of hydrogen-bond acceptors (Lipinski definition) is 4. The molecule has 0 saturated heterocycles. The second kappa shape index (κ2) is 8.23. The zero-order valence-corrected chi connectivity index (χ0v) is 16.6. The number of fused-ring (bicyclic) bond motifs is 1. The van der Waals surface area contributed by atoms with E-state index in [1.54, 1.807) is 7.05 Å². The van der Waals surface area contributed by atoms with Gasteiger partial charge in [0.25, 0.3) is 5.91 Å². The molecule has 1 aliphatic heterocycles. The summed E-state index contributed by atoms with van der Waals surface area (Å²) < 4.78 is 0. The van der Waals surface area contributed by atoms with Crippen molar-refractivity contribution >= 4 is 40.1 Å². The minimum atomic E-state index is -0.165. The molecule has 0 aromatic heterocycles. The lowest BCUT2D eigenvalue weighted by atomic mass is 10.00. The minimum Gasteiger partial charge on any atom is -0.354 e. The van der Waals surface area contributed by atoms with Crippen LogP contribution in [0.15, 0.2) is 78.9 Å². The van der Waals surface area contributed by atoms with E-state index >= 15 is 0 Å². The van der Waals surface area contributed by atoms with Gasteiger partial charge in [0.1, 0.15) is 0 Å². The van der Waals surface area contributed by atoms with Crippen LogP contribution in [0.1, 0.15) is 11.1 Å². The van der Waals surface area contributed by atoms with Crippen LogP contribution in [0.25, 0.3) is 11.3 Å². The van der Waals surface area contributed by atoms with Gasteiger partial charge in [0.15, 0.2) is 0 Å². The fourth-order valence-electron chi connectivity index (χ4n) is 3.44. The number of nitrogens with one attached hydrogen (secondary N) is 2. The first kappa shape index (κ1) is 19.4. The Bertz CT molecular complexity index is 1120. The Labute approximate surface area is 175 Å². The van der Waals surface area contributed by atoms with Crippen LogP contribution in [0.4, 0.5) is 17.1 Å². The Kier molecular flexibility index (Phi) is 5.32. The molecule has 150 valence electrons. The Morgan fingerprint density at radius 2 is 1.63 bits per heavy atom. The van der Waals surface area contributed by atoms with Gasteiger partial charge in [0, 0.05) is 29.7 Å². The molecular formula is C24H22N4O2. The van der Waals surface area contributed by atoms with E-state index in [0.717, 1.165) is 33.9 Å². The van der Waals surface area contributed by atoms with Gasteiger partial charge in [-0.1, -0.05) is 48.5 Å². The van der Waals surface area contributed by atoms with Crippen molar-refractivity contribution in [2.24, 2.45) is 5.73 Å². The summed E-state index contributed by atoms with van der Waals surface area (Å²) in [4.78, 5) is 26.2. The highest BCUT2D eigenvalue weighted by Gasteiger charge is 2.28. The number of amides is 2. The molecule has 0 radical (unpaired) electrons. The summed E-state index contributed by atoms with van der Waals surface area (Å²) in [6, 6.07) is 24.8. The van der Waals surface area contributed by atoms with Gasteiger partial charge in [0.2, 0.25) is 5.91 Å². The van der Waals surface area contributed by atoms with Gasteiger partial charge in [-0.3, -0.25) is 9.59 Å². The number of carbonyl (C=O) groups excluding carboxylic acids is 2. The van der Waals surface area contributed by atoms with Crippen molar-refractivity contribution in [2.45, 2.75) is 0 Å². The van der Waals surface area contributed by atoms with Crippen LogP contribution in [0.2, 0.25) is 0 Å². The highest BCUT2D eigenvalue weighted by atomic mass is 16.2. The van der Waals surface area contributed by atoms with Crippen molar-refractivity contribution in [3.8, 4) is 0 Å². The number of likely N-dealkylation sites (N-methyl/N-ethyl adjacent to an activating group) is 1. The average Bonchev–Trinajstić information content (AvgIpc) is 3.13. The van der Waals surface area contributed by atoms with E-state index in [9.17, 15) is 9.59 Å². The Hall–Kier alpha value is -3.90. The van der Waals surface area contributed by atoms with Crippen LogP contribution in [-0.4, -0.2) is 25.4 Å². The third-order valence-electron chi connectivity index (χ3n) is 5.06. The lowest BCUT2D eigenvalue weighted by Crippen LogP contribution is -2.32. The molecule has 0 bridgehead atoms. The number of anilines is 3. The quantitative estimate of drug-likeness (QED) is 0.574. The first-order valence-electron chi connectivity index (χ1n) is 9.62. The van der Waals surface area contributed by atoms with Crippen LogP contribution >= 0.6 is 0 Å². The summed E-state index contributed by atoms with van der Waals surface area (Å²) in [7, 11) is 1.69. The third-order valence-corrected chi connectivity index (χ3v) is 5.06. The molecule has 4 rings (SSSR count). The molecule has 0 fully saturated rings. The molecule has 1 aliphatic rings. The Morgan fingerprint density at radius 1 is 0.967 bits per heavy atom. The zero-order valence-electron chi connectivity index (χ0n) is 16.6. The Balaban J connectivity index is 1.75. The van der Waals surface area contributed by atoms with E-state index in [1.807, 2.05) is 78.9 Å². The van der Waals surface area contributed by atoms with E-state index in [1.165, 1.54) is 4.90 Å². The molecule has 6 heteroatoms. The molecule has 2 amide bonds.